The number of fused-ring (bicyclic) bond motifs is 1. The largest absolute Gasteiger partial charge is 0.384 e. The Hall–Kier alpha value is -3.03. The predicted molar refractivity (Wildman–Crippen MR) is 128 cm³/mol. The van der Waals surface area contributed by atoms with E-state index in [1.165, 1.54) is 32.4 Å². The van der Waals surface area contributed by atoms with E-state index in [0.29, 0.717) is 23.4 Å². The predicted octanol–water partition coefficient (Wildman–Crippen LogP) is 3.83. The zero-order chi connectivity index (χ0) is 22.3. The van der Waals surface area contributed by atoms with Crippen LogP contribution in [-0.4, -0.2) is 54.1 Å². The Morgan fingerprint density at radius 2 is 2.03 bits per heavy atom. The van der Waals surface area contributed by atoms with Gasteiger partial charge in [-0.15, -0.1) is 0 Å². The van der Waals surface area contributed by atoms with Gasteiger partial charge in [-0.3, -0.25) is 9.78 Å². The third kappa shape index (κ3) is 5.23. The Morgan fingerprint density at radius 1 is 1.19 bits per heavy atom. The number of nitrogens with zero attached hydrogens (tertiary/aromatic N) is 3. The summed E-state index contributed by atoms with van der Waals surface area (Å²) >= 11 is 0. The molecule has 1 amide bonds. The zero-order valence-corrected chi connectivity index (χ0v) is 18.6. The third-order valence-corrected chi connectivity index (χ3v) is 5.96. The first-order valence-corrected chi connectivity index (χ1v) is 11.3. The topological polar surface area (TPSA) is 93.4 Å². The van der Waals surface area contributed by atoms with E-state index in [-0.39, 0.29) is 0 Å². The van der Waals surface area contributed by atoms with Gasteiger partial charge in [0.05, 0.1) is 17.8 Å². The number of amides is 1. The number of piperidine rings is 1. The van der Waals surface area contributed by atoms with Crippen molar-refractivity contribution in [2.24, 2.45) is 5.73 Å². The number of carbonyl (C=O) groups is 1. The number of benzene rings is 1. The molecule has 0 radical (unpaired) electrons. The van der Waals surface area contributed by atoms with Gasteiger partial charge in [0, 0.05) is 48.2 Å². The number of likely N-dealkylation sites (tertiary alicyclic amines) is 1. The maximum atomic E-state index is 12.2. The lowest BCUT2D eigenvalue weighted by Crippen LogP contribution is -2.31. The minimum Gasteiger partial charge on any atom is -0.384 e. The van der Waals surface area contributed by atoms with Crippen LogP contribution in [0.1, 0.15) is 41.6 Å². The Balaban J connectivity index is 1.60. The van der Waals surface area contributed by atoms with Gasteiger partial charge in [0.15, 0.2) is 0 Å². The lowest BCUT2D eigenvalue weighted by Gasteiger charge is -2.26. The maximum Gasteiger partial charge on any atom is 0.249 e. The molecule has 0 aliphatic carbocycles. The van der Waals surface area contributed by atoms with Gasteiger partial charge >= 0.3 is 0 Å². The second-order valence-electron chi connectivity index (χ2n) is 8.31. The summed E-state index contributed by atoms with van der Waals surface area (Å²) in [6.45, 7) is 4.80. The van der Waals surface area contributed by atoms with E-state index in [1.807, 2.05) is 30.5 Å². The Kier molecular flexibility index (Phi) is 7.29. The molecule has 7 heteroatoms. The monoisotopic (exact) mass is 433 g/mol. The number of ether oxygens (including phenoxy) is 1. The Bertz CT molecular complexity index is 1080. The molecule has 168 valence electrons. The number of pyridine rings is 2. The molecule has 0 saturated carbocycles. The molecule has 1 aliphatic heterocycles. The normalized spacial score (nSPS) is 14.5. The summed E-state index contributed by atoms with van der Waals surface area (Å²) in [6.07, 6.45) is 8.60. The molecule has 0 bridgehead atoms. The zero-order valence-electron chi connectivity index (χ0n) is 18.6. The second-order valence-corrected chi connectivity index (χ2v) is 8.31. The van der Waals surface area contributed by atoms with Gasteiger partial charge in [-0.1, -0.05) is 18.6 Å². The minimum absolute atomic E-state index is 0.418. The van der Waals surface area contributed by atoms with Crippen molar-refractivity contribution in [3.05, 3.63) is 53.9 Å². The van der Waals surface area contributed by atoms with Crippen molar-refractivity contribution in [1.82, 2.24) is 14.9 Å². The number of nitrogens with two attached hydrogens (primary N) is 1. The summed E-state index contributed by atoms with van der Waals surface area (Å²) in [5.41, 5.74) is 10.3. The van der Waals surface area contributed by atoms with Crippen LogP contribution in [0.4, 0.5) is 5.69 Å². The van der Waals surface area contributed by atoms with Crippen LogP contribution >= 0.6 is 0 Å². The fourth-order valence-electron chi connectivity index (χ4n) is 4.34. The summed E-state index contributed by atoms with van der Waals surface area (Å²) < 4.78 is 5.20. The van der Waals surface area contributed by atoms with E-state index >= 15 is 0 Å². The number of primary amides is 1. The SMILES string of the molecule is COCc1ccc(-c2cc(NCCCN3CCCCC3)c3cnccc3n2)c(C(N)=O)c1. The molecule has 1 aromatic carbocycles. The standard InChI is InChI=1S/C25H31N5O2/c1-32-17-18-6-7-19(20(14-18)25(26)31)24-15-23(21-16-27-10-8-22(21)29-24)28-9-5-13-30-11-3-2-4-12-30/h6-8,10,14-16H,2-5,9,11-13,17H2,1H3,(H2,26,31)(H,28,29). The Morgan fingerprint density at radius 3 is 2.81 bits per heavy atom. The molecule has 1 saturated heterocycles. The van der Waals surface area contributed by atoms with Crippen molar-refractivity contribution in [1.29, 1.82) is 0 Å². The molecule has 0 unspecified atom stereocenters. The fraction of sp³-hybridized carbons (Fsp3) is 0.400. The molecule has 2 aromatic heterocycles. The summed E-state index contributed by atoms with van der Waals surface area (Å²) in [5, 5.41) is 4.54. The summed E-state index contributed by atoms with van der Waals surface area (Å²) in [4.78, 5) is 23.8. The van der Waals surface area contributed by atoms with Gasteiger partial charge in [0.2, 0.25) is 5.91 Å². The number of aromatic nitrogens is 2. The van der Waals surface area contributed by atoms with E-state index in [4.69, 9.17) is 15.5 Å². The van der Waals surface area contributed by atoms with Crippen LogP contribution in [0.2, 0.25) is 0 Å². The fourth-order valence-corrected chi connectivity index (χ4v) is 4.34. The lowest BCUT2D eigenvalue weighted by atomic mass is 9.99. The molecule has 1 fully saturated rings. The first kappa shape index (κ1) is 22.2. The van der Waals surface area contributed by atoms with Crippen molar-refractivity contribution in [2.45, 2.75) is 32.3 Å². The van der Waals surface area contributed by atoms with Gasteiger partial charge in [-0.25, -0.2) is 4.98 Å². The van der Waals surface area contributed by atoms with Gasteiger partial charge < -0.3 is 20.7 Å². The molecule has 7 nitrogen and oxygen atoms in total. The van der Waals surface area contributed by atoms with Crippen LogP contribution < -0.4 is 11.1 Å². The highest BCUT2D eigenvalue weighted by Gasteiger charge is 2.15. The second kappa shape index (κ2) is 10.5. The van der Waals surface area contributed by atoms with Crippen molar-refractivity contribution in [3.63, 3.8) is 0 Å². The van der Waals surface area contributed by atoms with Crippen LogP contribution in [-0.2, 0) is 11.3 Å². The smallest absolute Gasteiger partial charge is 0.249 e. The number of hydrogen-bond donors (Lipinski definition) is 2. The molecule has 0 atom stereocenters. The maximum absolute atomic E-state index is 12.2. The molecular weight excluding hydrogens is 402 g/mol. The Labute approximate surface area is 189 Å². The number of methoxy groups -OCH3 is 1. The number of carbonyl (C=O) groups excluding carboxylic acids is 1. The van der Waals surface area contributed by atoms with E-state index in [0.717, 1.165) is 41.7 Å². The third-order valence-electron chi connectivity index (χ3n) is 5.96. The summed E-state index contributed by atoms with van der Waals surface area (Å²) in [5.74, 6) is -0.481. The number of rotatable bonds is 9. The molecule has 3 heterocycles. The van der Waals surface area contributed by atoms with E-state index in [9.17, 15) is 4.79 Å². The quantitative estimate of drug-likeness (QED) is 0.498. The molecule has 4 rings (SSSR count). The number of nitrogens with one attached hydrogen (secondary N) is 1. The molecule has 32 heavy (non-hydrogen) atoms. The van der Waals surface area contributed by atoms with Crippen LogP contribution in [0.3, 0.4) is 0 Å². The number of anilines is 1. The molecule has 1 aliphatic rings. The molecule has 3 aromatic rings. The first-order chi connectivity index (χ1) is 15.7. The highest BCUT2D eigenvalue weighted by atomic mass is 16.5. The number of hydrogen-bond acceptors (Lipinski definition) is 6. The summed E-state index contributed by atoms with van der Waals surface area (Å²) in [6, 6.07) is 9.49. The molecule has 0 spiro atoms. The van der Waals surface area contributed by atoms with Crippen LogP contribution in [0, 0.1) is 0 Å². The van der Waals surface area contributed by atoms with Crippen molar-refractivity contribution >= 4 is 22.5 Å². The van der Waals surface area contributed by atoms with E-state index in [2.05, 4.69) is 15.2 Å². The molecular formula is C25H31N5O2. The van der Waals surface area contributed by atoms with Crippen LogP contribution in [0.5, 0.6) is 0 Å². The van der Waals surface area contributed by atoms with Crippen LogP contribution in [0.25, 0.3) is 22.2 Å². The lowest BCUT2D eigenvalue weighted by molar-refractivity contribution is 0.100. The molecule has 3 N–H and O–H groups in total. The van der Waals surface area contributed by atoms with E-state index in [1.54, 1.807) is 19.4 Å². The highest BCUT2D eigenvalue weighted by molar-refractivity contribution is 6.01. The van der Waals surface area contributed by atoms with Crippen LogP contribution in [0.15, 0.2) is 42.7 Å². The van der Waals surface area contributed by atoms with Gasteiger partial charge in [0.1, 0.15) is 0 Å². The average Bonchev–Trinajstić information content (AvgIpc) is 2.82. The van der Waals surface area contributed by atoms with Crippen molar-refractivity contribution < 1.29 is 9.53 Å². The summed E-state index contributed by atoms with van der Waals surface area (Å²) in [7, 11) is 1.63. The highest BCUT2D eigenvalue weighted by Crippen LogP contribution is 2.30. The minimum atomic E-state index is -0.481. The van der Waals surface area contributed by atoms with E-state index < -0.39 is 5.91 Å². The van der Waals surface area contributed by atoms with Gasteiger partial charge in [0.25, 0.3) is 0 Å². The van der Waals surface area contributed by atoms with Crippen molar-refractivity contribution in [3.8, 4) is 11.3 Å². The van der Waals surface area contributed by atoms with Gasteiger partial charge in [-0.05, 0) is 62.7 Å². The van der Waals surface area contributed by atoms with Gasteiger partial charge in [-0.2, -0.15) is 0 Å². The first-order valence-electron chi connectivity index (χ1n) is 11.3. The average molecular weight is 434 g/mol. The van der Waals surface area contributed by atoms with Crippen molar-refractivity contribution in [2.75, 3.05) is 38.6 Å².